The van der Waals surface area contributed by atoms with Crippen LogP contribution in [0.15, 0.2) is 48.5 Å². The molecule has 0 saturated heterocycles. The van der Waals surface area contributed by atoms with Gasteiger partial charge in [-0.05, 0) is 36.6 Å². The predicted molar refractivity (Wildman–Crippen MR) is 93.5 cm³/mol. The molecule has 1 amide bonds. The molecular weight excluding hydrogens is 336 g/mol. The molecule has 7 heteroatoms. The highest BCUT2D eigenvalue weighted by Crippen LogP contribution is 2.20. The lowest BCUT2D eigenvalue weighted by atomic mass is 9.99. The van der Waals surface area contributed by atoms with Gasteiger partial charge in [0.1, 0.15) is 0 Å². The van der Waals surface area contributed by atoms with Crippen molar-refractivity contribution in [2.75, 3.05) is 6.54 Å². The molecule has 0 spiro atoms. The number of esters is 1. The van der Waals surface area contributed by atoms with E-state index in [9.17, 15) is 19.7 Å². The molecule has 0 aromatic heterocycles. The molecule has 26 heavy (non-hydrogen) atoms. The zero-order valence-corrected chi connectivity index (χ0v) is 14.3. The van der Waals surface area contributed by atoms with Gasteiger partial charge in [0.2, 0.25) is 0 Å². The first-order valence-electron chi connectivity index (χ1n) is 8.26. The quantitative estimate of drug-likeness (QED) is 0.478. The lowest BCUT2D eigenvalue weighted by molar-refractivity contribution is -0.384. The fourth-order valence-corrected chi connectivity index (χ4v) is 2.94. The molecule has 134 valence electrons. The number of nitro groups is 1. The Morgan fingerprint density at radius 1 is 1.12 bits per heavy atom. The minimum absolute atomic E-state index is 0.113. The number of carbonyl (C=O) groups is 2. The average molecular weight is 354 g/mol. The van der Waals surface area contributed by atoms with E-state index < -0.39 is 17.0 Å². The minimum Gasteiger partial charge on any atom is -0.449 e. The van der Waals surface area contributed by atoms with Gasteiger partial charge in [0.15, 0.2) is 6.10 Å². The number of nitro benzene ring substituents is 1. The Morgan fingerprint density at radius 2 is 1.77 bits per heavy atom. The normalized spacial score (nSPS) is 14.3. The van der Waals surface area contributed by atoms with Crippen molar-refractivity contribution in [3.63, 3.8) is 0 Å². The second-order valence-corrected chi connectivity index (χ2v) is 6.13. The Bertz CT molecular complexity index is 847. The Labute approximate surface area is 150 Å². The molecule has 3 rings (SSSR count). The van der Waals surface area contributed by atoms with E-state index in [1.807, 2.05) is 18.2 Å². The summed E-state index contributed by atoms with van der Waals surface area (Å²) in [6.07, 6.45) is -0.159. The zero-order valence-electron chi connectivity index (χ0n) is 14.3. The van der Waals surface area contributed by atoms with Crippen LogP contribution in [-0.2, 0) is 22.5 Å². The van der Waals surface area contributed by atoms with Crippen LogP contribution in [0.4, 0.5) is 5.69 Å². The van der Waals surface area contributed by atoms with Crippen molar-refractivity contribution < 1.29 is 19.2 Å². The first-order chi connectivity index (χ1) is 12.5. The van der Waals surface area contributed by atoms with E-state index in [1.165, 1.54) is 36.8 Å². The lowest BCUT2D eigenvalue weighted by Crippen LogP contribution is -2.42. The summed E-state index contributed by atoms with van der Waals surface area (Å²) in [6, 6.07) is 13.0. The molecule has 1 aliphatic heterocycles. The van der Waals surface area contributed by atoms with Gasteiger partial charge in [-0.3, -0.25) is 14.9 Å². The third-order valence-electron chi connectivity index (χ3n) is 4.39. The second kappa shape index (κ2) is 7.35. The number of rotatable bonds is 4. The number of hydrogen-bond acceptors (Lipinski definition) is 5. The molecule has 7 nitrogen and oxygen atoms in total. The maximum atomic E-state index is 12.6. The van der Waals surface area contributed by atoms with Gasteiger partial charge in [0, 0.05) is 25.2 Å². The first-order valence-corrected chi connectivity index (χ1v) is 8.26. The summed E-state index contributed by atoms with van der Waals surface area (Å²) in [6.45, 7) is 2.61. The van der Waals surface area contributed by atoms with Gasteiger partial charge in [-0.25, -0.2) is 4.79 Å². The zero-order chi connectivity index (χ0) is 18.7. The minimum atomic E-state index is -0.928. The third-order valence-corrected chi connectivity index (χ3v) is 4.39. The summed E-state index contributed by atoms with van der Waals surface area (Å²) < 4.78 is 5.24. The van der Waals surface area contributed by atoms with Crippen LogP contribution in [0.3, 0.4) is 0 Å². The third kappa shape index (κ3) is 3.72. The Hall–Kier alpha value is -3.22. The molecule has 0 unspecified atom stereocenters. The van der Waals surface area contributed by atoms with Crippen LogP contribution in [0.5, 0.6) is 0 Å². The van der Waals surface area contributed by atoms with Gasteiger partial charge in [-0.1, -0.05) is 24.3 Å². The molecule has 1 heterocycles. The first kappa shape index (κ1) is 17.6. The number of benzene rings is 2. The molecule has 0 bridgehead atoms. The van der Waals surface area contributed by atoms with Crippen LogP contribution in [-0.4, -0.2) is 34.3 Å². The molecule has 2 aromatic carbocycles. The molecule has 1 aliphatic rings. The standard InChI is InChI=1S/C19H18N2O5/c1-13(26-19(23)15-6-8-17(9-7-15)21(24)25)18(22)20-11-10-14-4-2-3-5-16(14)12-20/h2-9,13H,10-12H2,1H3/t13-/m0/s1. The van der Waals surface area contributed by atoms with Crippen LogP contribution < -0.4 is 0 Å². The number of hydrogen-bond donors (Lipinski definition) is 0. The molecule has 0 radical (unpaired) electrons. The number of nitrogens with zero attached hydrogens (tertiary/aromatic N) is 2. The SMILES string of the molecule is C[C@H](OC(=O)c1ccc([N+](=O)[O-])cc1)C(=O)N1CCc2ccccc2C1. The number of ether oxygens (including phenoxy) is 1. The summed E-state index contributed by atoms with van der Waals surface area (Å²) in [7, 11) is 0. The van der Waals surface area contributed by atoms with Gasteiger partial charge < -0.3 is 9.64 Å². The van der Waals surface area contributed by atoms with E-state index in [0.29, 0.717) is 13.1 Å². The van der Waals surface area contributed by atoms with Crippen LogP contribution in [0.2, 0.25) is 0 Å². The highest BCUT2D eigenvalue weighted by atomic mass is 16.6. The van der Waals surface area contributed by atoms with E-state index in [1.54, 1.807) is 4.90 Å². The Balaban J connectivity index is 1.62. The molecule has 0 N–H and O–H groups in total. The van der Waals surface area contributed by atoms with Crippen molar-refractivity contribution in [2.45, 2.75) is 26.0 Å². The van der Waals surface area contributed by atoms with E-state index in [2.05, 4.69) is 6.07 Å². The number of non-ortho nitro benzene ring substituents is 1. The van der Waals surface area contributed by atoms with Crippen molar-refractivity contribution in [3.05, 3.63) is 75.3 Å². The number of fused-ring (bicyclic) bond motifs is 1. The van der Waals surface area contributed by atoms with Crippen molar-refractivity contribution in [2.24, 2.45) is 0 Å². The van der Waals surface area contributed by atoms with Crippen molar-refractivity contribution in [3.8, 4) is 0 Å². The summed E-state index contributed by atoms with van der Waals surface area (Å²) in [5.41, 5.74) is 2.38. The highest BCUT2D eigenvalue weighted by Gasteiger charge is 2.27. The molecule has 0 aliphatic carbocycles. The van der Waals surface area contributed by atoms with Crippen molar-refractivity contribution in [1.82, 2.24) is 4.90 Å². The second-order valence-electron chi connectivity index (χ2n) is 6.13. The number of carbonyl (C=O) groups excluding carboxylic acids is 2. The van der Waals surface area contributed by atoms with Crippen LogP contribution in [0.25, 0.3) is 0 Å². The van der Waals surface area contributed by atoms with E-state index in [-0.39, 0.29) is 17.2 Å². The van der Waals surface area contributed by atoms with Crippen LogP contribution >= 0.6 is 0 Å². The monoisotopic (exact) mass is 354 g/mol. The maximum absolute atomic E-state index is 12.6. The average Bonchev–Trinajstić information content (AvgIpc) is 2.67. The van der Waals surface area contributed by atoms with Gasteiger partial charge >= 0.3 is 5.97 Å². The predicted octanol–water partition coefficient (Wildman–Crippen LogP) is 2.73. The van der Waals surface area contributed by atoms with Gasteiger partial charge in [0.05, 0.1) is 10.5 Å². The molecule has 0 saturated carbocycles. The Kier molecular flexibility index (Phi) is 4.97. The Morgan fingerprint density at radius 3 is 2.42 bits per heavy atom. The van der Waals surface area contributed by atoms with Gasteiger partial charge in [-0.2, -0.15) is 0 Å². The summed E-state index contributed by atoms with van der Waals surface area (Å²) in [4.78, 5) is 36.5. The summed E-state index contributed by atoms with van der Waals surface area (Å²) in [5.74, 6) is -0.937. The molecular formula is C19H18N2O5. The fourth-order valence-electron chi connectivity index (χ4n) is 2.94. The van der Waals surface area contributed by atoms with Crippen LogP contribution in [0, 0.1) is 10.1 Å². The van der Waals surface area contributed by atoms with Crippen molar-refractivity contribution in [1.29, 1.82) is 0 Å². The van der Waals surface area contributed by atoms with E-state index in [4.69, 9.17) is 4.74 Å². The maximum Gasteiger partial charge on any atom is 0.338 e. The molecule has 1 atom stereocenters. The smallest absolute Gasteiger partial charge is 0.338 e. The van der Waals surface area contributed by atoms with Crippen molar-refractivity contribution >= 4 is 17.6 Å². The summed E-state index contributed by atoms with van der Waals surface area (Å²) in [5, 5.41) is 10.7. The molecule has 2 aromatic rings. The topological polar surface area (TPSA) is 89.7 Å². The number of amides is 1. The largest absolute Gasteiger partial charge is 0.449 e. The lowest BCUT2D eigenvalue weighted by Gasteiger charge is -2.30. The highest BCUT2D eigenvalue weighted by molar-refractivity contribution is 5.92. The van der Waals surface area contributed by atoms with E-state index >= 15 is 0 Å². The summed E-state index contributed by atoms with van der Waals surface area (Å²) >= 11 is 0. The van der Waals surface area contributed by atoms with Gasteiger partial charge in [0.25, 0.3) is 11.6 Å². The fraction of sp³-hybridized carbons (Fsp3) is 0.263. The molecule has 0 fully saturated rings. The van der Waals surface area contributed by atoms with E-state index in [0.717, 1.165) is 12.0 Å². The van der Waals surface area contributed by atoms with Crippen LogP contribution in [0.1, 0.15) is 28.4 Å². The van der Waals surface area contributed by atoms with Gasteiger partial charge in [-0.15, -0.1) is 0 Å².